The van der Waals surface area contributed by atoms with Gasteiger partial charge in [-0.05, 0) is 42.5 Å². The molecule has 1 fully saturated rings. The van der Waals surface area contributed by atoms with Gasteiger partial charge in [0.2, 0.25) is 0 Å². The van der Waals surface area contributed by atoms with E-state index in [4.69, 9.17) is 0 Å². The molecule has 2 aromatic heterocycles. The minimum atomic E-state index is -0.313. The number of hydrogen-bond donors (Lipinski definition) is 3. The number of aromatic nitrogens is 2. The highest BCUT2D eigenvalue weighted by atomic mass is 32.1. The molecule has 0 radical (unpaired) electrons. The number of phenols is 1. The van der Waals surface area contributed by atoms with Crippen molar-refractivity contribution >= 4 is 29.0 Å². The number of carbonyl (C=O) groups is 2. The van der Waals surface area contributed by atoms with E-state index in [1.807, 2.05) is 17.5 Å². The van der Waals surface area contributed by atoms with Gasteiger partial charge >= 0.3 is 6.03 Å². The summed E-state index contributed by atoms with van der Waals surface area (Å²) < 4.78 is 1.40. The first-order chi connectivity index (χ1) is 15.1. The van der Waals surface area contributed by atoms with Crippen LogP contribution in [-0.2, 0) is 0 Å². The van der Waals surface area contributed by atoms with Crippen LogP contribution < -0.4 is 10.6 Å². The van der Waals surface area contributed by atoms with Crippen molar-refractivity contribution in [3.8, 4) is 17.0 Å². The normalized spacial score (nSPS) is 13.8. The fourth-order valence-corrected chi connectivity index (χ4v) is 4.48. The quantitative estimate of drug-likeness (QED) is 0.475. The molecule has 0 saturated heterocycles. The summed E-state index contributed by atoms with van der Waals surface area (Å²) in [4.78, 5) is 25.5. The van der Waals surface area contributed by atoms with E-state index in [9.17, 15) is 14.7 Å². The number of nitrogens with one attached hydrogen (secondary N) is 2. The van der Waals surface area contributed by atoms with Crippen LogP contribution in [0.5, 0.6) is 5.75 Å². The fraction of sp³-hybridized carbons (Fsp3) is 0.261. The molecule has 0 unspecified atom stereocenters. The smallest absolute Gasteiger partial charge is 0.342 e. The number of thiophene rings is 1. The van der Waals surface area contributed by atoms with Crippen molar-refractivity contribution in [1.82, 2.24) is 15.1 Å². The summed E-state index contributed by atoms with van der Waals surface area (Å²) in [6.07, 6.45) is 5.90. The topological polar surface area (TPSA) is 96.3 Å². The summed E-state index contributed by atoms with van der Waals surface area (Å²) >= 11 is 1.35. The average Bonchev–Trinajstić information content (AvgIpc) is 3.53. The summed E-state index contributed by atoms with van der Waals surface area (Å²) in [5.41, 5.74) is 2.36. The lowest BCUT2D eigenvalue weighted by molar-refractivity contribution is 0.103. The zero-order chi connectivity index (χ0) is 21.8. The maximum Gasteiger partial charge on any atom is 0.342 e. The van der Waals surface area contributed by atoms with Gasteiger partial charge in [-0.1, -0.05) is 25.0 Å². The van der Waals surface area contributed by atoms with E-state index in [1.165, 1.54) is 22.1 Å². The summed E-state index contributed by atoms with van der Waals surface area (Å²) in [5, 5.41) is 22.5. The molecule has 8 heteroatoms. The Bertz CT molecular complexity index is 1100. The minimum absolute atomic E-state index is 0.0156. The van der Waals surface area contributed by atoms with Crippen molar-refractivity contribution in [2.45, 2.75) is 31.6 Å². The van der Waals surface area contributed by atoms with Crippen LogP contribution in [0.15, 0.2) is 54.4 Å². The fourth-order valence-electron chi connectivity index (χ4n) is 3.86. The minimum Gasteiger partial charge on any atom is -0.507 e. The Balaban J connectivity index is 1.61. The Morgan fingerprint density at radius 3 is 2.74 bits per heavy atom. The van der Waals surface area contributed by atoms with Gasteiger partial charge in [0.1, 0.15) is 5.75 Å². The van der Waals surface area contributed by atoms with Crippen LogP contribution in [0.1, 0.15) is 47.0 Å². The lowest BCUT2D eigenvalue weighted by atomic mass is 10.0. The number of amides is 2. The Hall–Kier alpha value is -3.39. The van der Waals surface area contributed by atoms with E-state index in [0.717, 1.165) is 31.4 Å². The predicted octanol–water partition coefficient (Wildman–Crippen LogP) is 4.97. The molecule has 1 aliphatic carbocycles. The van der Waals surface area contributed by atoms with Gasteiger partial charge in [0, 0.05) is 29.8 Å². The number of carbonyl (C=O) groups excluding carboxylic acids is 2. The van der Waals surface area contributed by atoms with Gasteiger partial charge < -0.3 is 15.7 Å². The first-order valence-electron chi connectivity index (χ1n) is 10.2. The van der Waals surface area contributed by atoms with E-state index in [-0.39, 0.29) is 23.6 Å². The third-order valence-electron chi connectivity index (χ3n) is 5.38. The number of nitrogens with zero attached hydrogens (tertiary/aromatic N) is 2. The second-order valence-electron chi connectivity index (χ2n) is 7.49. The third kappa shape index (κ3) is 4.54. The monoisotopic (exact) mass is 436 g/mol. The number of phenolic OH excluding ortho intramolecular Hbond substituents is 1. The summed E-state index contributed by atoms with van der Waals surface area (Å²) in [6, 6.07) is 10.0. The lowest BCUT2D eigenvalue weighted by Crippen LogP contribution is -2.31. The van der Waals surface area contributed by atoms with Gasteiger partial charge in [-0.3, -0.25) is 4.79 Å². The SMILES string of the molecule is C=CCNC(=O)n1nc(-c2ccc(NC(=O)c3cccs3)cc2O)cc1C1CCCC1. The molecule has 1 aliphatic rings. The molecule has 2 amide bonds. The molecule has 4 rings (SSSR count). The Morgan fingerprint density at radius 2 is 2.06 bits per heavy atom. The third-order valence-corrected chi connectivity index (χ3v) is 6.25. The first-order valence-corrected chi connectivity index (χ1v) is 11.1. The van der Waals surface area contributed by atoms with Crippen molar-refractivity contribution in [2.75, 3.05) is 11.9 Å². The molecule has 2 heterocycles. The Kier molecular flexibility index (Phi) is 6.18. The van der Waals surface area contributed by atoms with Gasteiger partial charge in [-0.2, -0.15) is 9.78 Å². The molecule has 3 aromatic rings. The number of anilines is 1. The number of hydrogen-bond acceptors (Lipinski definition) is 5. The van der Waals surface area contributed by atoms with E-state index >= 15 is 0 Å². The molecule has 0 aliphatic heterocycles. The van der Waals surface area contributed by atoms with Crippen molar-refractivity contribution < 1.29 is 14.7 Å². The molecule has 0 atom stereocenters. The second kappa shape index (κ2) is 9.18. The van der Waals surface area contributed by atoms with Crippen LogP contribution >= 0.6 is 11.3 Å². The maximum absolute atomic E-state index is 12.6. The highest BCUT2D eigenvalue weighted by molar-refractivity contribution is 7.12. The van der Waals surface area contributed by atoms with Gasteiger partial charge in [0.15, 0.2) is 0 Å². The highest BCUT2D eigenvalue weighted by Crippen LogP contribution is 2.38. The van der Waals surface area contributed by atoms with Gasteiger partial charge in [-0.15, -0.1) is 17.9 Å². The standard InChI is InChI=1S/C23H24N4O3S/c1-2-11-24-23(30)27-19(15-6-3-4-7-15)14-18(26-27)17-10-9-16(13-20(17)28)25-22(29)21-8-5-12-31-21/h2,5,8-10,12-15,28H,1,3-4,6-7,11H2,(H,24,30)(H,25,29). The molecule has 1 saturated carbocycles. The molecular formula is C23H24N4O3S. The van der Waals surface area contributed by atoms with Gasteiger partial charge in [0.05, 0.1) is 16.3 Å². The number of aromatic hydroxyl groups is 1. The van der Waals surface area contributed by atoms with Crippen LogP contribution in [-0.4, -0.2) is 33.4 Å². The molecule has 160 valence electrons. The molecule has 0 bridgehead atoms. The van der Waals surface area contributed by atoms with Crippen molar-refractivity contribution in [1.29, 1.82) is 0 Å². The van der Waals surface area contributed by atoms with E-state index in [0.29, 0.717) is 28.4 Å². The first kappa shape index (κ1) is 20.9. The van der Waals surface area contributed by atoms with Crippen LogP contribution in [0.25, 0.3) is 11.3 Å². The molecule has 31 heavy (non-hydrogen) atoms. The van der Waals surface area contributed by atoms with Crippen LogP contribution in [0.3, 0.4) is 0 Å². The maximum atomic E-state index is 12.6. The second-order valence-corrected chi connectivity index (χ2v) is 8.43. The Labute approximate surface area is 184 Å². The molecule has 7 nitrogen and oxygen atoms in total. The summed E-state index contributed by atoms with van der Waals surface area (Å²) in [6.45, 7) is 3.98. The Morgan fingerprint density at radius 1 is 1.26 bits per heavy atom. The lowest BCUT2D eigenvalue weighted by Gasteiger charge is -2.11. The molecule has 1 aromatic carbocycles. The van der Waals surface area contributed by atoms with Crippen LogP contribution in [0, 0.1) is 0 Å². The van der Waals surface area contributed by atoms with E-state index < -0.39 is 0 Å². The highest BCUT2D eigenvalue weighted by Gasteiger charge is 2.25. The van der Waals surface area contributed by atoms with Crippen LogP contribution in [0.4, 0.5) is 10.5 Å². The van der Waals surface area contributed by atoms with Crippen LogP contribution in [0.2, 0.25) is 0 Å². The van der Waals surface area contributed by atoms with Crippen molar-refractivity contribution in [2.24, 2.45) is 0 Å². The van der Waals surface area contributed by atoms with Gasteiger partial charge in [-0.25, -0.2) is 4.79 Å². The van der Waals surface area contributed by atoms with Crippen molar-refractivity contribution in [3.05, 3.63) is 65.0 Å². The zero-order valence-corrected chi connectivity index (χ0v) is 17.8. The summed E-state index contributed by atoms with van der Waals surface area (Å²) in [7, 11) is 0. The summed E-state index contributed by atoms with van der Waals surface area (Å²) in [5.74, 6) is 0.0224. The molecule has 3 N–H and O–H groups in total. The van der Waals surface area contributed by atoms with Crippen molar-refractivity contribution in [3.63, 3.8) is 0 Å². The zero-order valence-electron chi connectivity index (χ0n) is 17.0. The van der Waals surface area contributed by atoms with E-state index in [1.54, 1.807) is 24.3 Å². The predicted molar refractivity (Wildman–Crippen MR) is 122 cm³/mol. The average molecular weight is 437 g/mol. The molecule has 0 spiro atoms. The van der Waals surface area contributed by atoms with Gasteiger partial charge in [0.25, 0.3) is 5.91 Å². The molecular weight excluding hydrogens is 412 g/mol. The number of rotatable bonds is 6. The van der Waals surface area contributed by atoms with E-state index in [2.05, 4.69) is 22.3 Å². The number of benzene rings is 1. The largest absolute Gasteiger partial charge is 0.507 e.